The molecule has 0 spiro atoms. The van der Waals surface area contributed by atoms with E-state index in [1.807, 2.05) is 0 Å². The number of hydrazine groups is 1. The summed E-state index contributed by atoms with van der Waals surface area (Å²) in [4.78, 5) is 0. The number of nitrogens with two attached hydrogens (primary N) is 1. The molecule has 0 bridgehead atoms. The van der Waals surface area contributed by atoms with E-state index in [-0.39, 0.29) is 0 Å². The highest BCUT2D eigenvalue weighted by molar-refractivity contribution is 4.87. The van der Waals surface area contributed by atoms with Gasteiger partial charge in [-0.15, -0.1) is 0 Å². The summed E-state index contributed by atoms with van der Waals surface area (Å²) in [7, 11) is 0. The van der Waals surface area contributed by atoms with Gasteiger partial charge in [0, 0.05) is 6.04 Å². The van der Waals surface area contributed by atoms with Crippen LogP contribution in [0.1, 0.15) is 78.1 Å². The lowest BCUT2D eigenvalue weighted by molar-refractivity contribution is 0.135. The van der Waals surface area contributed by atoms with Crippen LogP contribution in [0.5, 0.6) is 0 Å². The van der Waals surface area contributed by atoms with Crippen molar-refractivity contribution in [2.75, 3.05) is 0 Å². The molecule has 3 unspecified atom stereocenters. The Morgan fingerprint density at radius 1 is 1.05 bits per heavy atom. The predicted octanol–water partition coefficient (Wildman–Crippen LogP) is 4.25. The van der Waals surface area contributed by atoms with E-state index in [1.54, 1.807) is 0 Å². The summed E-state index contributed by atoms with van der Waals surface area (Å²) in [6.45, 7) is 4.73. The molecule has 2 fully saturated rings. The Morgan fingerprint density at radius 3 is 2.37 bits per heavy atom. The van der Waals surface area contributed by atoms with E-state index in [2.05, 4.69) is 19.3 Å². The molecule has 2 aliphatic carbocycles. The fourth-order valence-electron chi connectivity index (χ4n) is 4.71. The molecule has 0 aliphatic heterocycles. The molecule has 2 nitrogen and oxygen atoms in total. The van der Waals surface area contributed by atoms with Gasteiger partial charge in [0.2, 0.25) is 0 Å². The van der Waals surface area contributed by atoms with E-state index < -0.39 is 0 Å². The quantitative estimate of drug-likeness (QED) is 0.576. The van der Waals surface area contributed by atoms with Gasteiger partial charge in [0.25, 0.3) is 0 Å². The fourth-order valence-corrected chi connectivity index (χ4v) is 4.71. The van der Waals surface area contributed by atoms with Crippen LogP contribution in [0.3, 0.4) is 0 Å². The van der Waals surface area contributed by atoms with Crippen molar-refractivity contribution in [3.05, 3.63) is 0 Å². The Morgan fingerprint density at radius 2 is 1.79 bits per heavy atom. The van der Waals surface area contributed by atoms with Gasteiger partial charge in [-0.25, -0.2) is 0 Å². The molecule has 0 heterocycles. The standard InChI is InChI=1S/C17H34N2/c1-3-5-14-8-10-15(11-9-14)17(19-18)16-7-4-6-13(2)12-16/h13-17,19H,3-12,18H2,1-2H3. The summed E-state index contributed by atoms with van der Waals surface area (Å²) in [5.41, 5.74) is 3.21. The molecule has 0 aromatic carbocycles. The third kappa shape index (κ3) is 4.19. The summed E-state index contributed by atoms with van der Waals surface area (Å²) in [5, 5.41) is 0. The third-order valence-corrected chi connectivity index (χ3v) is 5.77. The largest absolute Gasteiger partial charge is 0.271 e. The summed E-state index contributed by atoms with van der Waals surface area (Å²) in [6.07, 6.45) is 14.1. The van der Waals surface area contributed by atoms with Crippen molar-refractivity contribution in [2.24, 2.45) is 29.5 Å². The first-order valence-corrected chi connectivity index (χ1v) is 8.70. The minimum atomic E-state index is 0.588. The van der Waals surface area contributed by atoms with Crippen LogP contribution in [-0.2, 0) is 0 Å². The molecule has 0 saturated heterocycles. The average Bonchev–Trinajstić information content (AvgIpc) is 2.42. The lowest BCUT2D eigenvalue weighted by Gasteiger charge is -2.40. The van der Waals surface area contributed by atoms with Crippen molar-refractivity contribution in [1.29, 1.82) is 0 Å². The summed E-state index contributed by atoms with van der Waals surface area (Å²) >= 11 is 0. The Balaban J connectivity index is 1.84. The Bertz CT molecular complexity index is 246. The molecule has 112 valence electrons. The van der Waals surface area contributed by atoms with E-state index >= 15 is 0 Å². The maximum Gasteiger partial charge on any atom is 0.0267 e. The zero-order chi connectivity index (χ0) is 13.7. The van der Waals surface area contributed by atoms with Crippen LogP contribution in [-0.4, -0.2) is 6.04 Å². The first-order valence-electron chi connectivity index (χ1n) is 8.70. The maximum atomic E-state index is 5.92. The van der Waals surface area contributed by atoms with Crippen LogP contribution in [0.4, 0.5) is 0 Å². The highest BCUT2D eigenvalue weighted by Crippen LogP contribution is 2.39. The van der Waals surface area contributed by atoms with Gasteiger partial charge in [-0.05, 0) is 49.4 Å². The second-order valence-electron chi connectivity index (χ2n) is 7.29. The number of nitrogens with one attached hydrogen (secondary N) is 1. The van der Waals surface area contributed by atoms with Crippen LogP contribution in [0.2, 0.25) is 0 Å². The van der Waals surface area contributed by atoms with Crippen molar-refractivity contribution in [2.45, 2.75) is 84.1 Å². The van der Waals surface area contributed by atoms with E-state index in [0.717, 1.165) is 23.7 Å². The molecular formula is C17H34N2. The molecule has 2 saturated carbocycles. The minimum Gasteiger partial charge on any atom is -0.271 e. The summed E-state index contributed by atoms with van der Waals surface area (Å²) in [6, 6.07) is 0.588. The minimum absolute atomic E-state index is 0.588. The maximum absolute atomic E-state index is 5.92. The highest BCUT2D eigenvalue weighted by atomic mass is 15.2. The van der Waals surface area contributed by atoms with Crippen LogP contribution in [0, 0.1) is 23.7 Å². The Kier molecular flexibility index (Phi) is 6.15. The molecule has 0 aromatic heterocycles. The molecular weight excluding hydrogens is 232 g/mol. The second kappa shape index (κ2) is 7.64. The number of hydrogen-bond donors (Lipinski definition) is 2. The Labute approximate surface area is 119 Å². The zero-order valence-electron chi connectivity index (χ0n) is 13.0. The molecule has 2 heteroatoms. The predicted molar refractivity (Wildman–Crippen MR) is 82.6 cm³/mol. The average molecular weight is 266 g/mol. The molecule has 0 amide bonds. The monoisotopic (exact) mass is 266 g/mol. The lowest BCUT2D eigenvalue weighted by atomic mass is 9.70. The van der Waals surface area contributed by atoms with Crippen molar-refractivity contribution in [3.63, 3.8) is 0 Å². The van der Waals surface area contributed by atoms with Crippen LogP contribution in [0.15, 0.2) is 0 Å². The van der Waals surface area contributed by atoms with Gasteiger partial charge >= 0.3 is 0 Å². The highest BCUT2D eigenvalue weighted by Gasteiger charge is 2.33. The topological polar surface area (TPSA) is 38.0 Å². The van der Waals surface area contributed by atoms with Crippen molar-refractivity contribution < 1.29 is 0 Å². The van der Waals surface area contributed by atoms with E-state index in [1.165, 1.54) is 64.2 Å². The van der Waals surface area contributed by atoms with E-state index in [9.17, 15) is 0 Å². The van der Waals surface area contributed by atoms with E-state index in [4.69, 9.17) is 5.84 Å². The first-order chi connectivity index (χ1) is 9.24. The van der Waals surface area contributed by atoms with Gasteiger partial charge in [-0.2, -0.15) is 0 Å². The molecule has 2 rings (SSSR count). The molecule has 19 heavy (non-hydrogen) atoms. The van der Waals surface area contributed by atoms with Gasteiger partial charge in [-0.3, -0.25) is 11.3 Å². The van der Waals surface area contributed by atoms with Gasteiger partial charge < -0.3 is 0 Å². The van der Waals surface area contributed by atoms with Crippen molar-refractivity contribution >= 4 is 0 Å². The molecule has 2 aliphatic rings. The summed E-state index contributed by atoms with van der Waals surface area (Å²) < 4.78 is 0. The molecule has 3 N–H and O–H groups in total. The fraction of sp³-hybridized carbons (Fsp3) is 1.00. The van der Waals surface area contributed by atoms with E-state index in [0.29, 0.717) is 6.04 Å². The first kappa shape index (κ1) is 15.3. The number of rotatable bonds is 5. The van der Waals surface area contributed by atoms with Crippen LogP contribution in [0.25, 0.3) is 0 Å². The van der Waals surface area contributed by atoms with Gasteiger partial charge in [0.05, 0.1) is 0 Å². The van der Waals surface area contributed by atoms with Gasteiger partial charge in [0.15, 0.2) is 0 Å². The Hall–Kier alpha value is -0.0800. The lowest BCUT2D eigenvalue weighted by Crippen LogP contribution is -2.48. The van der Waals surface area contributed by atoms with Crippen LogP contribution >= 0.6 is 0 Å². The molecule has 3 atom stereocenters. The molecule has 0 radical (unpaired) electrons. The third-order valence-electron chi connectivity index (χ3n) is 5.77. The normalized spacial score (nSPS) is 38.1. The molecule has 0 aromatic rings. The summed E-state index contributed by atoms with van der Waals surface area (Å²) in [5.74, 6) is 9.51. The number of hydrogen-bond acceptors (Lipinski definition) is 2. The zero-order valence-corrected chi connectivity index (χ0v) is 13.0. The second-order valence-corrected chi connectivity index (χ2v) is 7.29. The van der Waals surface area contributed by atoms with Crippen molar-refractivity contribution in [1.82, 2.24) is 5.43 Å². The van der Waals surface area contributed by atoms with Crippen LogP contribution < -0.4 is 11.3 Å². The van der Waals surface area contributed by atoms with Gasteiger partial charge in [0.1, 0.15) is 0 Å². The SMILES string of the molecule is CCCC1CCC(C(NN)C2CCCC(C)C2)CC1. The van der Waals surface area contributed by atoms with Gasteiger partial charge in [-0.1, -0.05) is 52.4 Å². The smallest absolute Gasteiger partial charge is 0.0267 e. The van der Waals surface area contributed by atoms with Crippen molar-refractivity contribution in [3.8, 4) is 0 Å².